The highest BCUT2D eigenvalue weighted by Crippen LogP contribution is 2.22. The number of rotatable bonds is 4. The molecule has 5 N–H and O–H groups in total. The zero-order valence-corrected chi connectivity index (χ0v) is 18.2. The largest absolute Gasteiger partial charge is 0.384 e. The van der Waals surface area contributed by atoms with E-state index in [-0.39, 0.29) is 12.0 Å². The van der Waals surface area contributed by atoms with Crippen molar-refractivity contribution >= 4 is 23.6 Å². The van der Waals surface area contributed by atoms with E-state index >= 15 is 0 Å². The Morgan fingerprint density at radius 2 is 1.90 bits per heavy atom. The lowest BCUT2D eigenvalue weighted by Gasteiger charge is -2.36. The number of amides is 2. The molecule has 2 aromatic heterocycles. The summed E-state index contributed by atoms with van der Waals surface area (Å²) in [7, 11) is 3.95. The number of anilines is 3. The molecule has 10 heteroatoms. The van der Waals surface area contributed by atoms with Crippen molar-refractivity contribution in [3.63, 3.8) is 0 Å². The summed E-state index contributed by atoms with van der Waals surface area (Å²) in [6.07, 6.45) is 1.63. The van der Waals surface area contributed by atoms with E-state index in [4.69, 9.17) is 11.5 Å². The van der Waals surface area contributed by atoms with Gasteiger partial charge in [0.15, 0.2) is 0 Å². The molecule has 2 amide bonds. The summed E-state index contributed by atoms with van der Waals surface area (Å²) in [5.41, 5.74) is 13.7. The van der Waals surface area contributed by atoms with Crippen LogP contribution in [0, 0.1) is 18.8 Å². The molecule has 0 aromatic carbocycles. The molecular formula is C21H29N9O. The maximum atomic E-state index is 12.4. The van der Waals surface area contributed by atoms with E-state index in [9.17, 15) is 4.79 Å². The molecule has 1 saturated heterocycles. The molecule has 0 bridgehead atoms. The predicted octanol–water partition coefficient (Wildman–Crippen LogP) is 0.137. The van der Waals surface area contributed by atoms with E-state index in [0.29, 0.717) is 50.1 Å². The number of piperazine rings is 1. The summed E-state index contributed by atoms with van der Waals surface area (Å²) in [6, 6.07) is 3.48. The number of hydrogen-bond donors (Lipinski definition) is 3. The molecule has 0 aliphatic carbocycles. The van der Waals surface area contributed by atoms with Gasteiger partial charge in [-0.25, -0.2) is 14.8 Å². The summed E-state index contributed by atoms with van der Waals surface area (Å²) < 4.78 is 0. The summed E-state index contributed by atoms with van der Waals surface area (Å²) in [6.45, 7) is 5.73. The molecule has 3 rings (SSSR count). The van der Waals surface area contributed by atoms with E-state index in [1.807, 2.05) is 36.9 Å². The van der Waals surface area contributed by atoms with Crippen LogP contribution in [0.5, 0.6) is 0 Å². The van der Waals surface area contributed by atoms with Crippen LogP contribution in [-0.2, 0) is 0 Å². The van der Waals surface area contributed by atoms with Crippen LogP contribution in [-0.4, -0.2) is 84.1 Å². The fourth-order valence-corrected chi connectivity index (χ4v) is 3.19. The van der Waals surface area contributed by atoms with Crippen molar-refractivity contribution in [1.82, 2.24) is 30.1 Å². The number of hydrogen-bond acceptors (Lipinski definition) is 8. The summed E-state index contributed by atoms with van der Waals surface area (Å²) >= 11 is 0. The van der Waals surface area contributed by atoms with Gasteiger partial charge >= 0.3 is 6.03 Å². The van der Waals surface area contributed by atoms with Crippen molar-refractivity contribution in [1.29, 1.82) is 0 Å². The Hall–Kier alpha value is -3.58. The minimum absolute atomic E-state index is 0.0456. The van der Waals surface area contributed by atoms with Crippen molar-refractivity contribution in [3.8, 4) is 11.8 Å². The van der Waals surface area contributed by atoms with E-state index < -0.39 is 0 Å². The van der Waals surface area contributed by atoms with Gasteiger partial charge in [0, 0.05) is 51.0 Å². The second kappa shape index (κ2) is 9.95. The van der Waals surface area contributed by atoms with Crippen molar-refractivity contribution in [3.05, 3.63) is 35.2 Å². The lowest BCUT2D eigenvalue weighted by Crippen LogP contribution is -2.52. The van der Waals surface area contributed by atoms with Gasteiger partial charge in [0.2, 0.25) is 5.95 Å². The number of nitrogens with two attached hydrogens (primary N) is 2. The molecule has 3 heterocycles. The number of carbonyl (C=O) groups is 1. The van der Waals surface area contributed by atoms with Crippen LogP contribution >= 0.6 is 0 Å². The third-order valence-electron chi connectivity index (χ3n) is 4.91. The van der Waals surface area contributed by atoms with E-state index in [2.05, 4.69) is 37.0 Å². The van der Waals surface area contributed by atoms with E-state index in [1.54, 1.807) is 12.3 Å². The third kappa shape index (κ3) is 5.96. The summed E-state index contributed by atoms with van der Waals surface area (Å²) in [5.74, 6) is 7.60. The second-order valence-corrected chi connectivity index (χ2v) is 7.60. The first-order valence-corrected chi connectivity index (χ1v) is 10.1. The number of aromatic nitrogens is 3. The average Bonchev–Trinajstić information content (AvgIpc) is 2.73. The number of aryl methyl sites for hydroxylation is 1. The number of nitrogens with one attached hydrogen (secondary N) is 1. The van der Waals surface area contributed by atoms with Gasteiger partial charge in [-0.05, 0) is 33.2 Å². The van der Waals surface area contributed by atoms with Crippen LogP contribution in [0.2, 0.25) is 0 Å². The molecule has 0 atom stereocenters. The minimum Gasteiger partial charge on any atom is -0.384 e. The van der Waals surface area contributed by atoms with Crippen LogP contribution < -0.4 is 21.7 Å². The SMILES string of the molecule is Cc1nc(N)nc(N2CCN(C(=O)NCCN(C)C)CC2)c1C#Cc1ccc(N)nc1. The summed E-state index contributed by atoms with van der Waals surface area (Å²) in [4.78, 5) is 31.1. The van der Waals surface area contributed by atoms with Crippen LogP contribution in [0.1, 0.15) is 16.8 Å². The molecule has 1 aliphatic heterocycles. The van der Waals surface area contributed by atoms with E-state index in [0.717, 1.165) is 17.7 Å². The normalized spacial score (nSPS) is 13.7. The van der Waals surface area contributed by atoms with Gasteiger partial charge in [-0.1, -0.05) is 11.8 Å². The maximum Gasteiger partial charge on any atom is 0.317 e. The molecule has 31 heavy (non-hydrogen) atoms. The van der Waals surface area contributed by atoms with Crippen molar-refractivity contribution in [2.75, 3.05) is 69.7 Å². The van der Waals surface area contributed by atoms with Gasteiger partial charge in [0.25, 0.3) is 0 Å². The lowest BCUT2D eigenvalue weighted by molar-refractivity contribution is 0.193. The Labute approximate surface area is 182 Å². The summed E-state index contributed by atoms with van der Waals surface area (Å²) in [5, 5.41) is 2.95. The van der Waals surface area contributed by atoms with Crippen molar-refractivity contribution < 1.29 is 4.79 Å². The fraction of sp³-hybridized carbons (Fsp3) is 0.429. The molecule has 1 aliphatic rings. The highest BCUT2D eigenvalue weighted by atomic mass is 16.2. The fourth-order valence-electron chi connectivity index (χ4n) is 3.19. The standard InChI is InChI=1S/C21H29N9O/c1-15-17(6-4-16-5-7-18(22)25-14-16)19(27-20(23)26-15)29-10-12-30(13-11-29)21(31)24-8-9-28(2)3/h5,7,14H,8-13H2,1-3H3,(H2,22,25)(H,24,31)(H2,23,26,27). The molecule has 0 saturated carbocycles. The van der Waals surface area contributed by atoms with Crippen LogP contribution in [0.4, 0.5) is 22.4 Å². The van der Waals surface area contributed by atoms with E-state index in [1.165, 1.54) is 0 Å². The Kier molecular flexibility index (Phi) is 7.10. The number of nitrogens with zero attached hydrogens (tertiary/aromatic N) is 6. The first kappa shape index (κ1) is 22.1. The van der Waals surface area contributed by atoms with Gasteiger partial charge in [-0.3, -0.25) is 0 Å². The Balaban J connectivity index is 1.72. The topological polar surface area (TPSA) is 130 Å². The first-order chi connectivity index (χ1) is 14.8. The second-order valence-electron chi connectivity index (χ2n) is 7.60. The highest BCUT2D eigenvalue weighted by Gasteiger charge is 2.24. The number of nitrogen functional groups attached to an aromatic ring is 2. The molecule has 10 nitrogen and oxygen atoms in total. The lowest BCUT2D eigenvalue weighted by atomic mass is 10.1. The molecule has 1 fully saturated rings. The molecule has 2 aromatic rings. The Bertz CT molecular complexity index is 971. The molecule has 164 valence electrons. The first-order valence-electron chi connectivity index (χ1n) is 10.1. The van der Waals surface area contributed by atoms with Gasteiger partial charge in [-0.15, -0.1) is 0 Å². The predicted molar refractivity (Wildman–Crippen MR) is 122 cm³/mol. The maximum absolute atomic E-state index is 12.4. The molecule has 0 spiro atoms. The number of likely N-dealkylation sites (N-methyl/N-ethyl adjacent to an activating group) is 1. The third-order valence-corrected chi connectivity index (χ3v) is 4.91. The number of carbonyl (C=O) groups excluding carboxylic acids is 1. The van der Waals surface area contributed by atoms with Crippen molar-refractivity contribution in [2.45, 2.75) is 6.92 Å². The van der Waals surface area contributed by atoms with Gasteiger partial charge in [0.1, 0.15) is 11.6 Å². The molecule has 0 unspecified atom stereocenters. The van der Waals surface area contributed by atoms with Crippen LogP contribution in [0.25, 0.3) is 0 Å². The zero-order valence-electron chi connectivity index (χ0n) is 18.2. The average molecular weight is 424 g/mol. The van der Waals surface area contributed by atoms with Gasteiger partial charge in [0.05, 0.1) is 11.3 Å². The number of urea groups is 1. The van der Waals surface area contributed by atoms with Crippen LogP contribution in [0.15, 0.2) is 18.3 Å². The minimum atomic E-state index is -0.0456. The Morgan fingerprint density at radius 1 is 1.16 bits per heavy atom. The zero-order chi connectivity index (χ0) is 22.4. The quantitative estimate of drug-likeness (QED) is 0.592. The molecule has 0 radical (unpaired) electrons. The number of pyridine rings is 1. The Morgan fingerprint density at radius 3 is 2.55 bits per heavy atom. The van der Waals surface area contributed by atoms with Gasteiger partial charge < -0.3 is 31.5 Å². The smallest absolute Gasteiger partial charge is 0.317 e. The van der Waals surface area contributed by atoms with Gasteiger partial charge in [-0.2, -0.15) is 4.98 Å². The van der Waals surface area contributed by atoms with Crippen LogP contribution in [0.3, 0.4) is 0 Å². The molecular weight excluding hydrogens is 394 g/mol. The van der Waals surface area contributed by atoms with Crippen molar-refractivity contribution in [2.24, 2.45) is 0 Å². The monoisotopic (exact) mass is 423 g/mol. The highest BCUT2D eigenvalue weighted by molar-refractivity contribution is 5.74.